The van der Waals surface area contributed by atoms with Crippen molar-refractivity contribution in [3.63, 3.8) is 0 Å². The lowest BCUT2D eigenvalue weighted by Gasteiger charge is -2.31. The van der Waals surface area contributed by atoms with Gasteiger partial charge in [0.15, 0.2) is 11.5 Å². The summed E-state index contributed by atoms with van der Waals surface area (Å²) in [6.45, 7) is 11.5. The molecule has 1 aromatic rings. The van der Waals surface area contributed by atoms with E-state index >= 15 is 0 Å². The number of hydrogen-bond donors (Lipinski definition) is 3. The summed E-state index contributed by atoms with van der Waals surface area (Å²) in [5, 5.41) is 12.2. The summed E-state index contributed by atoms with van der Waals surface area (Å²) < 4.78 is 15.7. The van der Waals surface area contributed by atoms with E-state index in [9.17, 15) is 19.2 Å². The van der Waals surface area contributed by atoms with Crippen molar-refractivity contribution in [2.75, 3.05) is 20.8 Å². The minimum absolute atomic E-state index is 0.00563. The van der Waals surface area contributed by atoms with E-state index in [2.05, 4.69) is 21.1 Å². The highest BCUT2D eigenvalue weighted by Crippen LogP contribution is 2.52. The van der Waals surface area contributed by atoms with Crippen LogP contribution >= 0.6 is 0 Å². The molecule has 2 aliphatic rings. The summed E-state index contributed by atoms with van der Waals surface area (Å²) in [6.07, 6.45) is 1.40. The molecule has 2 saturated carbocycles. The van der Waals surface area contributed by atoms with E-state index in [0.717, 1.165) is 0 Å². The molecule has 11 heteroatoms. The van der Waals surface area contributed by atoms with Gasteiger partial charge in [-0.25, -0.2) is 0 Å². The predicted octanol–water partition coefficient (Wildman–Crippen LogP) is 1.79. The number of nitrogens with one attached hydrogen (secondary N) is 3. The third-order valence-electron chi connectivity index (χ3n) is 8.09. The Balaban J connectivity index is 1.77. The maximum absolute atomic E-state index is 13.6. The first-order valence-corrected chi connectivity index (χ1v) is 13.3. The second kappa shape index (κ2) is 11.1. The number of rotatable bonds is 14. The third-order valence-corrected chi connectivity index (χ3v) is 8.09. The first-order valence-electron chi connectivity index (χ1n) is 13.3. The van der Waals surface area contributed by atoms with E-state index in [0.29, 0.717) is 25.0 Å². The largest absolute Gasteiger partial charge is 0.382 e. The van der Waals surface area contributed by atoms with Crippen LogP contribution in [0, 0.1) is 17.3 Å². The zero-order valence-corrected chi connectivity index (χ0v) is 23.7. The van der Waals surface area contributed by atoms with Gasteiger partial charge in [-0.1, -0.05) is 46.7 Å². The summed E-state index contributed by atoms with van der Waals surface area (Å²) in [4.78, 5) is 53.3. The number of nitrogens with zero attached hydrogens (tertiary/aromatic N) is 1. The summed E-state index contributed by atoms with van der Waals surface area (Å²) in [5.41, 5.74) is -2.91. The van der Waals surface area contributed by atoms with E-state index in [1.165, 1.54) is 20.3 Å². The van der Waals surface area contributed by atoms with Crippen LogP contribution in [0.5, 0.6) is 0 Å². The number of ether oxygens (including phenoxy) is 2. The van der Waals surface area contributed by atoms with Crippen LogP contribution in [0.3, 0.4) is 0 Å². The Morgan fingerprint density at radius 1 is 1.13 bits per heavy atom. The van der Waals surface area contributed by atoms with Gasteiger partial charge in [0.2, 0.25) is 11.8 Å². The van der Waals surface area contributed by atoms with E-state index in [1.54, 1.807) is 0 Å². The number of aromatic nitrogens is 1. The Morgan fingerprint density at radius 2 is 1.82 bits per heavy atom. The van der Waals surface area contributed by atoms with Crippen LogP contribution in [0.25, 0.3) is 0 Å². The molecule has 11 nitrogen and oxygen atoms in total. The number of carbonyl (C=O) groups excluding carboxylic acids is 4. The van der Waals surface area contributed by atoms with Gasteiger partial charge in [0.1, 0.15) is 22.9 Å². The molecule has 0 bridgehead atoms. The lowest BCUT2D eigenvalue weighted by molar-refractivity contribution is -0.137. The molecule has 1 aromatic heterocycles. The van der Waals surface area contributed by atoms with E-state index in [4.69, 9.17) is 14.0 Å². The molecule has 0 aromatic carbocycles. The molecule has 2 fully saturated rings. The monoisotopic (exact) mass is 534 g/mol. The van der Waals surface area contributed by atoms with Crippen molar-refractivity contribution in [3.05, 3.63) is 17.5 Å². The van der Waals surface area contributed by atoms with Gasteiger partial charge in [-0.3, -0.25) is 19.2 Å². The zero-order valence-electron chi connectivity index (χ0n) is 23.7. The SMILES string of the molecule is CCc1cc(C(=O)NC2(C(=O)N[C@@H](COC)C(=O)NC3(C(=O)C(C)(C)CC)C[C@H]3C(C)C)CC2OC)no1. The van der Waals surface area contributed by atoms with Gasteiger partial charge in [-0.15, -0.1) is 0 Å². The molecule has 5 atom stereocenters. The first-order chi connectivity index (χ1) is 17.8. The fraction of sp³-hybridized carbons (Fsp3) is 0.741. The van der Waals surface area contributed by atoms with Crippen molar-refractivity contribution in [1.82, 2.24) is 21.1 Å². The molecule has 3 unspecified atom stereocenters. The minimum atomic E-state index is -1.37. The van der Waals surface area contributed by atoms with Crippen LogP contribution < -0.4 is 16.0 Å². The Labute approximate surface area is 224 Å². The third kappa shape index (κ3) is 5.63. The number of methoxy groups -OCH3 is 2. The van der Waals surface area contributed by atoms with Crippen molar-refractivity contribution >= 4 is 23.5 Å². The predicted molar refractivity (Wildman–Crippen MR) is 138 cm³/mol. The Hall–Kier alpha value is -2.79. The molecule has 3 rings (SSSR count). The normalized spacial score (nSPS) is 27.0. The summed E-state index contributed by atoms with van der Waals surface area (Å²) in [5.74, 6) is -0.945. The second-order valence-corrected chi connectivity index (χ2v) is 11.4. The van der Waals surface area contributed by atoms with Gasteiger partial charge >= 0.3 is 0 Å². The Morgan fingerprint density at radius 3 is 2.29 bits per heavy atom. The van der Waals surface area contributed by atoms with Crippen molar-refractivity contribution in [3.8, 4) is 0 Å². The molecule has 0 aliphatic heterocycles. The number of hydrogen-bond acceptors (Lipinski definition) is 8. The van der Waals surface area contributed by atoms with E-state index in [-0.39, 0.29) is 36.3 Å². The number of amides is 3. The molecule has 38 heavy (non-hydrogen) atoms. The van der Waals surface area contributed by atoms with Crippen LogP contribution in [0.1, 0.15) is 77.1 Å². The molecule has 0 saturated heterocycles. The average molecular weight is 535 g/mol. The molecule has 2 aliphatic carbocycles. The number of aryl methyl sites for hydroxylation is 1. The van der Waals surface area contributed by atoms with Gasteiger partial charge in [0, 0.05) is 38.5 Å². The lowest BCUT2D eigenvalue weighted by Crippen LogP contribution is -2.60. The summed E-state index contributed by atoms with van der Waals surface area (Å²) >= 11 is 0. The van der Waals surface area contributed by atoms with Crippen LogP contribution in [0.15, 0.2) is 10.6 Å². The maximum atomic E-state index is 13.6. The number of ketones is 1. The minimum Gasteiger partial charge on any atom is -0.382 e. The molecule has 1 heterocycles. The highest BCUT2D eigenvalue weighted by atomic mass is 16.5. The zero-order chi connectivity index (χ0) is 28.5. The van der Waals surface area contributed by atoms with Crippen molar-refractivity contribution in [1.29, 1.82) is 0 Å². The standard InChI is InChI=1S/C27H42N4O7/c1-9-16-11-18(31-38-16)21(32)30-27(13-20(27)37-8)24(35)28-19(14-36-7)22(33)29-26(12-17(26)15(3)4)23(34)25(5,6)10-2/h11,15,17,19-20H,9-10,12-14H2,1-8H3,(H,28,35)(H,29,33)(H,30,32)/t17-,19-,20?,26?,27?/m0/s1. The first kappa shape index (κ1) is 29.8. The van der Waals surface area contributed by atoms with Crippen LogP contribution in [-0.4, -0.2) is 72.7 Å². The van der Waals surface area contributed by atoms with Crippen molar-refractivity contribution in [2.45, 2.75) is 90.4 Å². The second-order valence-electron chi connectivity index (χ2n) is 11.4. The van der Waals surface area contributed by atoms with Gasteiger partial charge < -0.3 is 29.9 Å². The molecule has 0 spiro atoms. The molecular formula is C27H42N4O7. The Bertz CT molecular complexity index is 1070. The fourth-order valence-electron chi connectivity index (χ4n) is 5.06. The van der Waals surface area contributed by atoms with Gasteiger partial charge in [0.25, 0.3) is 5.91 Å². The van der Waals surface area contributed by atoms with E-state index < -0.39 is 46.4 Å². The maximum Gasteiger partial charge on any atom is 0.274 e. The summed E-state index contributed by atoms with van der Waals surface area (Å²) in [7, 11) is 2.87. The molecule has 212 valence electrons. The van der Waals surface area contributed by atoms with Crippen LogP contribution in [-0.2, 0) is 30.3 Å². The van der Waals surface area contributed by atoms with E-state index in [1.807, 2.05) is 41.5 Å². The van der Waals surface area contributed by atoms with Crippen LogP contribution in [0.4, 0.5) is 0 Å². The molecule has 3 N–H and O–H groups in total. The average Bonchev–Trinajstić information content (AvgIpc) is 3.73. The number of Topliss-reactive ketones (excluding diaryl/α,β-unsaturated/α-hetero) is 1. The highest BCUT2D eigenvalue weighted by Gasteiger charge is 2.65. The lowest BCUT2D eigenvalue weighted by atomic mass is 9.79. The van der Waals surface area contributed by atoms with Crippen LogP contribution in [0.2, 0.25) is 0 Å². The Kier molecular flexibility index (Phi) is 8.72. The fourth-order valence-corrected chi connectivity index (χ4v) is 5.06. The van der Waals surface area contributed by atoms with Crippen molar-refractivity contribution < 1.29 is 33.2 Å². The summed E-state index contributed by atoms with van der Waals surface area (Å²) in [6, 6.07) is 0.433. The smallest absolute Gasteiger partial charge is 0.274 e. The molecule has 3 amide bonds. The quantitative estimate of drug-likeness (QED) is 0.327. The van der Waals surface area contributed by atoms with Gasteiger partial charge in [0.05, 0.1) is 12.7 Å². The van der Waals surface area contributed by atoms with Crippen molar-refractivity contribution in [2.24, 2.45) is 17.3 Å². The number of carbonyl (C=O) groups is 4. The molecule has 0 radical (unpaired) electrons. The molecular weight excluding hydrogens is 492 g/mol. The van der Waals surface area contributed by atoms with Gasteiger partial charge in [-0.2, -0.15) is 0 Å². The topological polar surface area (TPSA) is 149 Å². The highest BCUT2D eigenvalue weighted by molar-refractivity contribution is 6.03. The van der Waals surface area contributed by atoms with Gasteiger partial charge in [-0.05, 0) is 24.7 Å².